The highest BCUT2D eigenvalue weighted by Crippen LogP contribution is 2.37. The van der Waals surface area contributed by atoms with E-state index in [0.29, 0.717) is 29.7 Å². The van der Waals surface area contributed by atoms with Crippen molar-refractivity contribution < 1.29 is 4.79 Å². The van der Waals surface area contributed by atoms with Gasteiger partial charge in [-0.15, -0.1) is 0 Å². The van der Waals surface area contributed by atoms with Crippen LogP contribution in [-0.4, -0.2) is 30.4 Å². The molecule has 0 N–H and O–H groups in total. The van der Waals surface area contributed by atoms with Gasteiger partial charge in [-0.3, -0.25) is 4.79 Å². The minimum absolute atomic E-state index is 0.0406. The molecular weight excluding hydrogens is 475 g/mol. The van der Waals surface area contributed by atoms with E-state index in [1.807, 2.05) is 80.3 Å². The van der Waals surface area contributed by atoms with Crippen molar-refractivity contribution in [2.24, 2.45) is 0 Å². The monoisotopic (exact) mass is 500 g/mol. The highest BCUT2D eigenvalue weighted by molar-refractivity contribution is 6.33. The molecule has 1 aliphatic heterocycles. The molecular formula is C27H27Cl3N2O. The molecule has 4 rings (SSSR count). The zero-order valence-electron chi connectivity index (χ0n) is 19.0. The molecule has 0 unspecified atom stereocenters. The SMILES string of the molecule is Cc1ccc(N2CCN(C(=O)C(C)(C)c3ccc(Cl)cc3)C[C@H]2c2ccc(Cl)cc2)c(Cl)c1. The van der Waals surface area contributed by atoms with Gasteiger partial charge in [-0.2, -0.15) is 0 Å². The van der Waals surface area contributed by atoms with Crippen LogP contribution >= 0.6 is 34.8 Å². The van der Waals surface area contributed by atoms with E-state index in [9.17, 15) is 4.79 Å². The number of halogens is 3. The number of piperazine rings is 1. The van der Waals surface area contributed by atoms with Crippen molar-refractivity contribution >= 4 is 46.4 Å². The summed E-state index contributed by atoms with van der Waals surface area (Å²) < 4.78 is 0. The predicted octanol–water partition coefficient (Wildman–Crippen LogP) is 7.32. The average molecular weight is 502 g/mol. The van der Waals surface area contributed by atoms with Crippen LogP contribution < -0.4 is 4.90 Å². The highest BCUT2D eigenvalue weighted by Gasteiger charge is 2.38. The highest BCUT2D eigenvalue weighted by atomic mass is 35.5. The van der Waals surface area contributed by atoms with Gasteiger partial charge < -0.3 is 9.80 Å². The summed E-state index contributed by atoms with van der Waals surface area (Å²) in [7, 11) is 0. The summed E-state index contributed by atoms with van der Waals surface area (Å²) in [6, 6.07) is 21.4. The summed E-state index contributed by atoms with van der Waals surface area (Å²) in [5, 5.41) is 2.06. The Morgan fingerprint density at radius 1 is 0.879 bits per heavy atom. The first-order valence-corrected chi connectivity index (χ1v) is 12.1. The van der Waals surface area contributed by atoms with Gasteiger partial charge in [-0.05, 0) is 73.9 Å². The van der Waals surface area contributed by atoms with Crippen molar-refractivity contribution in [3.8, 4) is 0 Å². The van der Waals surface area contributed by atoms with Crippen molar-refractivity contribution in [2.45, 2.75) is 32.2 Å². The van der Waals surface area contributed by atoms with Crippen LogP contribution in [0.4, 0.5) is 5.69 Å². The maximum atomic E-state index is 13.7. The van der Waals surface area contributed by atoms with Gasteiger partial charge in [0.15, 0.2) is 0 Å². The Labute approximate surface area is 210 Å². The Kier molecular flexibility index (Phi) is 6.95. The minimum Gasteiger partial charge on any atom is -0.360 e. The van der Waals surface area contributed by atoms with Crippen LogP contribution in [0, 0.1) is 6.92 Å². The molecule has 0 aromatic heterocycles. The molecule has 1 atom stereocenters. The fraction of sp³-hybridized carbons (Fsp3) is 0.296. The normalized spacial score (nSPS) is 16.7. The maximum Gasteiger partial charge on any atom is 0.232 e. The van der Waals surface area contributed by atoms with Crippen molar-refractivity contribution in [3.05, 3.63) is 98.5 Å². The number of carbonyl (C=O) groups is 1. The maximum absolute atomic E-state index is 13.7. The number of benzene rings is 3. The fourth-order valence-electron chi connectivity index (χ4n) is 4.46. The van der Waals surface area contributed by atoms with Crippen LogP contribution in [-0.2, 0) is 10.2 Å². The molecule has 1 aliphatic rings. The number of hydrogen-bond donors (Lipinski definition) is 0. The van der Waals surface area contributed by atoms with Crippen molar-refractivity contribution in [3.63, 3.8) is 0 Å². The number of anilines is 1. The molecule has 1 saturated heterocycles. The van der Waals surface area contributed by atoms with Crippen LogP contribution in [0.3, 0.4) is 0 Å². The van der Waals surface area contributed by atoms with E-state index in [1.54, 1.807) is 0 Å². The lowest BCUT2D eigenvalue weighted by Crippen LogP contribution is -2.54. The largest absolute Gasteiger partial charge is 0.360 e. The van der Waals surface area contributed by atoms with Crippen LogP contribution in [0.15, 0.2) is 66.7 Å². The number of nitrogens with zero attached hydrogens (tertiary/aromatic N) is 2. The van der Waals surface area contributed by atoms with Crippen molar-refractivity contribution in [1.29, 1.82) is 0 Å². The molecule has 0 saturated carbocycles. The standard InChI is InChI=1S/C27H27Cl3N2O/c1-18-4-13-24(23(30)16-18)32-15-14-31(17-25(32)19-5-9-21(28)10-6-19)26(33)27(2,3)20-7-11-22(29)12-8-20/h4-13,16,25H,14-15,17H2,1-3H3/t25-/m0/s1. The number of aryl methyl sites for hydroxylation is 1. The van der Waals surface area contributed by atoms with Crippen LogP contribution in [0.5, 0.6) is 0 Å². The Bertz CT molecular complexity index is 1140. The minimum atomic E-state index is -0.668. The average Bonchev–Trinajstić information content (AvgIpc) is 2.79. The predicted molar refractivity (Wildman–Crippen MR) is 139 cm³/mol. The van der Waals surface area contributed by atoms with Crippen molar-refractivity contribution in [1.82, 2.24) is 4.90 Å². The Hall–Kier alpha value is -2.20. The first-order chi connectivity index (χ1) is 15.7. The summed E-state index contributed by atoms with van der Waals surface area (Å²) >= 11 is 18.9. The van der Waals surface area contributed by atoms with Gasteiger partial charge in [-0.25, -0.2) is 0 Å². The number of rotatable bonds is 4. The smallest absolute Gasteiger partial charge is 0.232 e. The lowest BCUT2D eigenvalue weighted by molar-refractivity contribution is -0.137. The molecule has 6 heteroatoms. The lowest BCUT2D eigenvalue weighted by atomic mass is 9.82. The second-order valence-electron chi connectivity index (χ2n) is 9.10. The molecule has 3 aromatic carbocycles. The molecule has 3 aromatic rings. The van der Waals surface area contributed by atoms with E-state index in [4.69, 9.17) is 34.8 Å². The van der Waals surface area contributed by atoms with Gasteiger partial charge in [0, 0.05) is 29.7 Å². The topological polar surface area (TPSA) is 23.6 Å². The third-order valence-electron chi connectivity index (χ3n) is 6.44. The Morgan fingerprint density at radius 3 is 2.09 bits per heavy atom. The van der Waals surface area contributed by atoms with Gasteiger partial charge in [0.2, 0.25) is 5.91 Å². The third kappa shape index (κ3) is 5.01. The second kappa shape index (κ2) is 9.58. The fourth-order valence-corrected chi connectivity index (χ4v) is 5.05. The number of carbonyl (C=O) groups excluding carboxylic acids is 1. The van der Waals surface area contributed by atoms with E-state index in [1.165, 1.54) is 0 Å². The number of hydrogen-bond acceptors (Lipinski definition) is 2. The summed E-state index contributed by atoms with van der Waals surface area (Å²) in [5.74, 6) is 0.0958. The summed E-state index contributed by atoms with van der Waals surface area (Å²) in [5.41, 5.74) is 3.47. The zero-order valence-corrected chi connectivity index (χ0v) is 21.3. The molecule has 0 radical (unpaired) electrons. The van der Waals surface area contributed by atoms with E-state index in [-0.39, 0.29) is 11.9 Å². The third-order valence-corrected chi connectivity index (χ3v) is 7.24. The van der Waals surface area contributed by atoms with Crippen LogP contribution in [0.2, 0.25) is 15.1 Å². The molecule has 1 fully saturated rings. The quantitative estimate of drug-likeness (QED) is 0.374. The Balaban J connectivity index is 1.66. The molecule has 1 amide bonds. The molecule has 0 bridgehead atoms. The lowest BCUT2D eigenvalue weighted by Gasteiger charge is -2.45. The molecule has 33 heavy (non-hydrogen) atoms. The molecule has 1 heterocycles. The van der Waals surface area contributed by atoms with Gasteiger partial charge in [0.05, 0.1) is 22.2 Å². The first kappa shape index (κ1) is 23.9. The molecule has 0 aliphatic carbocycles. The van der Waals surface area contributed by atoms with Crippen LogP contribution in [0.25, 0.3) is 0 Å². The van der Waals surface area contributed by atoms with Gasteiger partial charge in [0.25, 0.3) is 0 Å². The molecule has 0 spiro atoms. The zero-order chi connectivity index (χ0) is 23.8. The summed E-state index contributed by atoms with van der Waals surface area (Å²) in [6.07, 6.45) is 0. The summed E-state index contributed by atoms with van der Waals surface area (Å²) in [4.78, 5) is 18.0. The Morgan fingerprint density at radius 2 is 1.48 bits per heavy atom. The van der Waals surface area contributed by atoms with Gasteiger partial charge in [0.1, 0.15) is 0 Å². The first-order valence-electron chi connectivity index (χ1n) is 11.0. The van der Waals surface area contributed by atoms with E-state index >= 15 is 0 Å². The van der Waals surface area contributed by atoms with E-state index in [2.05, 4.69) is 17.0 Å². The van der Waals surface area contributed by atoms with E-state index in [0.717, 1.165) is 27.4 Å². The molecule has 3 nitrogen and oxygen atoms in total. The second-order valence-corrected chi connectivity index (χ2v) is 10.4. The summed E-state index contributed by atoms with van der Waals surface area (Å²) in [6.45, 7) is 7.82. The molecule has 172 valence electrons. The van der Waals surface area contributed by atoms with Gasteiger partial charge in [-0.1, -0.05) is 65.1 Å². The van der Waals surface area contributed by atoms with Gasteiger partial charge >= 0.3 is 0 Å². The van der Waals surface area contributed by atoms with Crippen LogP contribution in [0.1, 0.15) is 36.6 Å². The van der Waals surface area contributed by atoms with Crippen molar-refractivity contribution in [2.75, 3.05) is 24.5 Å². The van der Waals surface area contributed by atoms with E-state index < -0.39 is 5.41 Å². The number of amides is 1.